The van der Waals surface area contributed by atoms with Crippen molar-refractivity contribution >= 4 is 39.1 Å². The maximum absolute atomic E-state index is 13.4. The molecule has 33 heavy (non-hydrogen) atoms. The molecule has 0 unspecified atom stereocenters. The minimum Gasteiger partial charge on any atom is -0.350 e. The number of carbonyl (C=O) groups excluding carboxylic acids is 2. The first-order valence-corrected chi connectivity index (χ1v) is 12.5. The van der Waals surface area contributed by atoms with E-state index in [0.29, 0.717) is 10.6 Å². The highest BCUT2D eigenvalue weighted by Gasteiger charge is 2.31. The molecule has 7 nitrogen and oxygen atoms in total. The van der Waals surface area contributed by atoms with Gasteiger partial charge in [-0.3, -0.25) is 13.9 Å². The Kier molecular flexibility index (Phi) is 8.48. The van der Waals surface area contributed by atoms with E-state index in [1.54, 1.807) is 19.1 Å². The Balaban J connectivity index is 2.39. The summed E-state index contributed by atoms with van der Waals surface area (Å²) in [4.78, 5) is 27.5. The Morgan fingerprint density at radius 1 is 1.12 bits per heavy atom. The average Bonchev–Trinajstić information content (AvgIpc) is 2.68. The Labute approximate surface area is 199 Å². The van der Waals surface area contributed by atoms with Gasteiger partial charge in [0.15, 0.2) is 0 Å². The maximum atomic E-state index is 13.4. The monoisotopic (exact) mass is 497 g/mol. The summed E-state index contributed by atoms with van der Waals surface area (Å²) in [5.74, 6) is -1.42. The summed E-state index contributed by atoms with van der Waals surface area (Å²) in [6, 6.07) is 10.8. The zero-order valence-corrected chi connectivity index (χ0v) is 20.9. The summed E-state index contributed by atoms with van der Waals surface area (Å²) in [7, 11) is -3.84. The van der Waals surface area contributed by atoms with Crippen LogP contribution in [0.5, 0.6) is 0 Å². The maximum Gasteiger partial charge on any atom is 0.244 e. The van der Waals surface area contributed by atoms with Gasteiger partial charge < -0.3 is 10.2 Å². The fourth-order valence-electron chi connectivity index (χ4n) is 3.09. The van der Waals surface area contributed by atoms with Crippen LogP contribution >= 0.6 is 11.6 Å². The summed E-state index contributed by atoms with van der Waals surface area (Å²) in [6.45, 7) is 6.46. The molecule has 2 aromatic carbocycles. The molecule has 0 saturated heterocycles. The summed E-state index contributed by atoms with van der Waals surface area (Å²) < 4.78 is 39.2. The van der Waals surface area contributed by atoms with E-state index in [4.69, 9.17) is 11.6 Å². The zero-order valence-electron chi connectivity index (χ0n) is 19.3. The van der Waals surface area contributed by atoms with Gasteiger partial charge >= 0.3 is 0 Å². The van der Waals surface area contributed by atoms with Crippen LogP contribution in [0.25, 0.3) is 0 Å². The highest BCUT2D eigenvalue weighted by atomic mass is 35.5. The third-order valence-corrected chi connectivity index (χ3v) is 6.08. The molecule has 1 N–H and O–H groups in total. The smallest absolute Gasteiger partial charge is 0.244 e. The van der Waals surface area contributed by atoms with Gasteiger partial charge in [0.1, 0.15) is 18.4 Å². The van der Waals surface area contributed by atoms with Crippen molar-refractivity contribution in [2.45, 2.75) is 45.8 Å². The molecule has 1 atom stereocenters. The van der Waals surface area contributed by atoms with E-state index < -0.39 is 45.8 Å². The Bertz CT molecular complexity index is 1100. The molecule has 0 aromatic heterocycles. The largest absolute Gasteiger partial charge is 0.350 e. The molecule has 180 valence electrons. The van der Waals surface area contributed by atoms with Crippen LogP contribution in [0.15, 0.2) is 48.5 Å². The van der Waals surface area contributed by atoms with Crippen LogP contribution in [0.1, 0.15) is 33.3 Å². The lowest BCUT2D eigenvalue weighted by Crippen LogP contribution is -2.54. The van der Waals surface area contributed by atoms with Gasteiger partial charge in [-0.2, -0.15) is 0 Å². The van der Waals surface area contributed by atoms with E-state index in [9.17, 15) is 22.4 Å². The third-order valence-electron chi connectivity index (χ3n) is 4.71. The van der Waals surface area contributed by atoms with Crippen molar-refractivity contribution in [3.63, 3.8) is 0 Å². The average molecular weight is 498 g/mol. The number of hydrogen-bond donors (Lipinski definition) is 1. The fraction of sp³-hybridized carbons (Fsp3) is 0.391. The minimum atomic E-state index is -3.84. The van der Waals surface area contributed by atoms with Crippen LogP contribution in [0.3, 0.4) is 0 Å². The van der Waals surface area contributed by atoms with Crippen molar-refractivity contribution in [3.05, 3.63) is 64.9 Å². The van der Waals surface area contributed by atoms with Crippen molar-refractivity contribution in [2.75, 3.05) is 17.1 Å². The number of benzene rings is 2. The van der Waals surface area contributed by atoms with Crippen LogP contribution in [-0.4, -0.2) is 49.5 Å². The highest BCUT2D eigenvalue weighted by molar-refractivity contribution is 7.92. The molecule has 2 rings (SSSR count). The molecule has 10 heteroatoms. The van der Waals surface area contributed by atoms with E-state index in [1.807, 2.05) is 20.8 Å². The predicted molar refractivity (Wildman–Crippen MR) is 128 cm³/mol. The van der Waals surface area contributed by atoms with E-state index in [0.717, 1.165) is 10.6 Å². The topological polar surface area (TPSA) is 86.8 Å². The predicted octanol–water partition coefficient (Wildman–Crippen LogP) is 3.58. The highest BCUT2D eigenvalue weighted by Crippen LogP contribution is 2.22. The second-order valence-electron chi connectivity index (χ2n) is 8.81. The van der Waals surface area contributed by atoms with Gasteiger partial charge in [0.25, 0.3) is 0 Å². The summed E-state index contributed by atoms with van der Waals surface area (Å²) in [5, 5.41) is 3.14. The molecule has 0 aliphatic rings. The molecule has 0 radical (unpaired) electrons. The van der Waals surface area contributed by atoms with Crippen LogP contribution < -0.4 is 9.62 Å². The molecular weight excluding hydrogens is 469 g/mol. The van der Waals surface area contributed by atoms with Gasteiger partial charge in [0.2, 0.25) is 21.8 Å². The standard InChI is InChI=1S/C23H29ClFN3O4S/c1-16(22(30)26-23(2,3)4)27(14-17-9-11-19(25)12-10-17)21(29)15-28(33(5,31)32)20-8-6-7-18(24)13-20/h6-13,16H,14-15H2,1-5H3,(H,26,30)/t16-/m1/s1. The van der Waals surface area contributed by atoms with Crippen molar-refractivity contribution in [2.24, 2.45) is 0 Å². The fourth-order valence-corrected chi connectivity index (χ4v) is 4.11. The minimum absolute atomic E-state index is 0.00894. The number of sulfonamides is 1. The van der Waals surface area contributed by atoms with E-state index in [-0.39, 0.29) is 12.2 Å². The van der Waals surface area contributed by atoms with Gasteiger partial charge in [-0.25, -0.2) is 12.8 Å². The molecule has 2 amide bonds. The quantitative estimate of drug-likeness (QED) is 0.604. The first-order valence-electron chi connectivity index (χ1n) is 10.3. The van der Waals surface area contributed by atoms with Crippen LogP contribution in [-0.2, 0) is 26.2 Å². The molecule has 0 spiro atoms. The van der Waals surface area contributed by atoms with Gasteiger partial charge in [0.05, 0.1) is 11.9 Å². The van der Waals surface area contributed by atoms with Gasteiger partial charge in [-0.05, 0) is 63.6 Å². The number of halogens is 2. The van der Waals surface area contributed by atoms with Crippen molar-refractivity contribution in [1.82, 2.24) is 10.2 Å². The number of hydrogen-bond acceptors (Lipinski definition) is 4. The first kappa shape index (κ1) is 26.6. The number of nitrogens with one attached hydrogen (secondary N) is 1. The van der Waals surface area contributed by atoms with Gasteiger partial charge in [-0.1, -0.05) is 29.8 Å². The number of rotatable bonds is 8. The Hall–Kier alpha value is -2.65. The number of carbonyl (C=O) groups is 2. The third kappa shape index (κ3) is 8.01. The lowest BCUT2D eigenvalue weighted by molar-refractivity contribution is -0.140. The van der Waals surface area contributed by atoms with E-state index >= 15 is 0 Å². The summed E-state index contributed by atoms with van der Waals surface area (Å²) >= 11 is 6.01. The van der Waals surface area contributed by atoms with Crippen LogP contribution in [0.2, 0.25) is 5.02 Å². The van der Waals surface area contributed by atoms with Crippen LogP contribution in [0.4, 0.5) is 10.1 Å². The van der Waals surface area contributed by atoms with E-state index in [1.165, 1.54) is 41.3 Å². The summed E-state index contributed by atoms with van der Waals surface area (Å²) in [5.41, 5.74) is 0.288. The Morgan fingerprint density at radius 3 is 2.24 bits per heavy atom. The molecule has 2 aromatic rings. The molecule has 0 aliphatic carbocycles. The lowest BCUT2D eigenvalue weighted by atomic mass is 10.1. The van der Waals surface area contributed by atoms with E-state index in [2.05, 4.69) is 5.32 Å². The molecule has 0 bridgehead atoms. The SMILES string of the molecule is C[C@H](C(=O)NC(C)(C)C)N(Cc1ccc(F)cc1)C(=O)CN(c1cccc(Cl)c1)S(C)(=O)=O. The lowest BCUT2D eigenvalue weighted by Gasteiger charge is -2.33. The molecule has 0 saturated carbocycles. The van der Waals surface area contributed by atoms with Crippen molar-refractivity contribution in [3.8, 4) is 0 Å². The zero-order chi connectivity index (χ0) is 25.0. The normalized spacial score (nSPS) is 12.7. The molecule has 0 aliphatic heterocycles. The summed E-state index contributed by atoms with van der Waals surface area (Å²) in [6.07, 6.45) is 0.987. The van der Waals surface area contributed by atoms with Gasteiger partial charge in [-0.15, -0.1) is 0 Å². The van der Waals surface area contributed by atoms with Crippen LogP contribution in [0, 0.1) is 5.82 Å². The molecule has 0 fully saturated rings. The second kappa shape index (κ2) is 10.5. The number of nitrogens with zero attached hydrogens (tertiary/aromatic N) is 2. The number of amides is 2. The Morgan fingerprint density at radius 2 is 1.73 bits per heavy atom. The van der Waals surface area contributed by atoms with Gasteiger partial charge in [0, 0.05) is 17.1 Å². The molecular formula is C23H29ClFN3O4S. The second-order valence-corrected chi connectivity index (χ2v) is 11.2. The van der Waals surface area contributed by atoms with Crippen molar-refractivity contribution < 1.29 is 22.4 Å². The molecule has 0 heterocycles. The number of anilines is 1. The first-order chi connectivity index (χ1) is 15.2. The van der Waals surface area contributed by atoms with Crippen molar-refractivity contribution in [1.29, 1.82) is 0 Å².